The van der Waals surface area contributed by atoms with Crippen molar-refractivity contribution in [3.05, 3.63) is 105 Å². The zero-order valence-electron chi connectivity index (χ0n) is 20.0. The Balaban J connectivity index is 1.36. The monoisotopic (exact) mass is 522 g/mol. The summed E-state index contributed by atoms with van der Waals surface area (Å²) in [5.74, 6) is 0.642. The van der Waals surface area contributed by atoms with E-state index in [2.05, 4.69) is 20.5 Å². The number of amides is 1. The molecule has 0 fully saturated rings. The summed E-state index contributed by atoms with van der Waals surface area (Å²) < 4.78 is 24.3. The largest absolute Gasteiger partial charge is 0.493 e. The van der Waals surface area contributed by atoms with Crippen LogP contribution in [0.2, 0.25) is 5.02 Å². The van der Waals surface area contributed by atoms with Crippen LogP contribution in [0.3, 0.4) is 0 Å². The van der Waals surface area contributed by atoms with E-state index in [1.807, 2.05) is 18.2 Å². The lowest BCUT2D eigenvalue weighted by molar-refractivity contribution is -0.121. The second-order valence-electron chi connectivity index (χ2n) is 8.14. The quantitative estimate of drug-likeness (QED) is 0.318. The first-order valence-corrected chi connectivity index (χ1v) is 11.8. The van der Waals surface area contributed by atoms with Crippen molar-refractivity contribution in [2.24, 2.45) is 0 Å². The average molecular weight is 523 g/mol. The van der Waals surface area contributed by atoms with Gasteiger partial charge in [0.05, 0.1) is 7.11 Å². The topological polar surface area (TPSA) is 106 Å². The lowest BCUT2D eigenvalue weighted by atomic mass is 10.2. The molecule has 37 heavy (non-hydrogen) atoms. The second-order valence-corrected chi connectivity index (χ2v) is 8.57. The molecule has 0 spiro atoms. The molecule has 0 aliphatic carbocycles. The van der Waals surface area contributed by atoms with Crippen molar-refractivity contribution in [1.29, 1.82) is 0 Å². The highest BCUT2D eigenvalue weighted by Crippen LogP contribution is 2.31. The minimum absolute atomic E-state index is 0.0603. The molecule has 1 amide bonds. The highest BCUT2D eigenvalue weighted by atomic mass is 35.5. The summed E-state index contributed by atoms with van der Waals surface area (Å²) in [6.45, 7) is 0.569. The fraction of sp³-hybridized carbons (Fsp3) is 0.185. The van der Waals surface area contributed by atoms with Gasteiger partial charge < -0.3 is 19.8 Å². The molecule has 2 N–H and O–H groups in total. The molecule has 10 heteroatoms. The van der Waals surface area contributed by atoms with Gasteiger partial charge in [0, 0.05) is 30.0 Å². The van der Waals surface area contributed by atoms with Gasteiger partial charge in [-0.25, -0.2) is 4.39 Å². The molecule has 0 aliphatic rings. The maximum Gasteiger partial charge on any atom is 0.273 e. The molecule has 0 atom stereocenters. The number of halogens is 2. The Kier molecular flexibility index (Phi) is 8.48. The molecule has 0 saturated carbocycles. The third-order valence-electron chi connectivity index (χ3n) is 5.48. The van der Waals surface area contributed by atoms with Crippen molar-refractivity contribution in [2.75, 3.05) is 7.11 Å². The van der Waals surface area contributed by atoms with E-state index in [-0.39, 0.29) is 42.6 Å². The number of aromatic nitrogens is 3. The predicted octanol–water partition coefficient (Wildman–Crippen LogP) is 4.46. The van der Waals surface area contributed by atoms with Gasteiger partial charge >= 0.3 is 0 Å². The fourth-order valence-electron chi connectivity index (χ4n) is 3.50. The predicted molar refractivity (Wildman–Crippen MR) is 137 cm³/mol. The first-order chi connectivity index (χ1) is 17.9. The van der Waals surface area contributed by atoms with E-state index in [0.29, 0.717) is 28.7 Å². The Bertz CT molecular complexity index is 1440. The van der Waals surface area contributed by atoms with Crippen molar-refractivity contribution in [2.45, 2.75) is 26.0 Å². The Labute approximate surface area is 217 Å². The summed E-state index contributed by atoms with van der Waals surface area (Å²) >= 11 is 6.02. The summed E-state index contributed by atoms with van der Waals surface area (Å²) in [4.78, 5) is 27.4. The lowest BCUT2D eigenvalue weighted by Crippen LogP contribution is -2.25. The number of ether oxygens (including phenoxy) is 2. The van der Waals surface area contributed by atoms with E-state index in [4.69, 9.17) is 21.1 Å². The molecule has 190 valence electrons. The molecular formula is C27H24ClFN4O4. The van der Waals surface area contributed by atoms with Gasteiger partial charge in [0.1, 0.15) is 18.1 Å². The van der Waals surface area contributed by atoms with Gasteiger partial charge in [-0.3, -0.25) is 9.59 Å². The second kappa shape index (κ2) is 12.1. The number of aromatic amines is 1. The van der Waals surface area contributed by atoms with E-state index in [1.54, 1.807) is 36.4 Å². The summed E-state index contributed by atoms with van der Waals surface area (Å²) in [5.41, 5.74) is 1.98. The highest BCUT2D eigenvalue weighted by molar-refractivity contribution is 6.30. The zero-order valence-corrected chi connectivity index (χ0v) is 20.7. The van der Waals surface area contributed by atoms with Crippen molar-refractivity contribution >= 4 is 17.5 Å². The average Bonchev–Trinajstić information content (AvgIpc) is 2.91. The number of methoxy groups -OCH3 is 1. The SMILES string of the molecule is COc1cc(-c2nnc(CCC(=O)NCc3ccc(F)cc3)c(=O)[nH]2)ccc1OCc1cccc(Cl)c1. The maximum atomic E-state index is 13.0. The van der Waals surface area contributed by atoms with E-state index in [1.165, 1.54) is 19.2 Å². The third kappa shape index (κ3) is 7.14. The molecule has 0 unspecified atom stereocenters. The molecule has 0 saturated heterocycles. The Hall–Kier alpha value is -4.24. The van der Waals surface area contributed by atoms with Crippen LogP contribution in [-0.4, -0.2) is 28.2 Å². The van der Waals surface area contributed by atoms with Crippen LogP contribution in [0.4, 0.5) is 4.39 Å². The van der Waals surface area contributed by atoms with Crippen LogP contribution in [0, 0.1) is 5.82 Å². The van der Waals surface area contributed by atoms with Gasteiger partial charge in [0.15, 0.2) is 17.3 Å². The van der Waals surface area contributed by atoms with Crippen LogP contribution < -0.4 is 20.3 Å². The number of H-pyrrole nitrogens is 1. The van der Waals surface area contributed by atoms with E-state index in [0.717, 1.165) is 11.1 Å². The number of nitrogens with zero attached hydrogens (tertiary/aromatic N) is 2. The summed E-state index contributed by atoms with van der Waals surface area (Å²) in [7, 11) is 1.52. The molecule has 0 aliphatic heterocycles. The van der Waals surface area contributed by atoms with Crippen molar-refractivity contribution in [3.8, 4) is 22.9 Å². The minimum atomic E-state index is -0.434. The van der Waals surface area contributed by atoms with Gasteiger partial charge in [-0.15, -0.1) is 10.2 Å². The van der Waals surface area contributed by atoms with E-state index < -0.39 is 5.56 Å². The van der Waals surface area contributed by atoms with Crippen LogP contribution in [0.15, 0.2) is 71.5 Å². The smallest absolute Gasteiger partial charge is 0.273 e. The molecule has 0 bridgehead atoms. The van der Waals surface area contributed by atoms with Gasteiger partial charge in [-0.05, 0) is 53.6 Å². The van der Waals surface area contributed by atoms with Gasteiger partial charge in [0.2, 0.25) is 5.91 Å². The lowest BCUT2D eigenvalue weighted by Gasteiger charge is -2.12. The molecule has 8 nitrogen and oxygen atoms in total. The molecule has 3 aromatic carbocycles. The number of hydrogen-bond donors (Lipinski definition) is 2. The normalized spacial score (nSPS) is 10.7. The Morgan fingerprint density at radius 3 is 2.57 bits per heavy atom. The van der Waals surface area contributed by atoms with E-state index in [9.17, 15) is 14.0 Å². The third-order valence-corrected chi connectivity index (χ3v) is 5.71. The molecule has 4 aromatic rings. The zero-order chi connectivity index (χ0) is 26.2. The summed E-state index contributed by atoms with van der Waals surface area (Å²) in [6, 6.07) is 18.4. The summed E-state index contributed by atoms with van der Waals surface area (Å²) in [6.07, 6.45) is 0.183. The standard InChI is InChI=1S/C27H24ClFN4O4/c1-36-24-14-19(7-11-23(24)37-16-18-3-2-4-20(28)13-18)26-31-27(35)22(32-33-26)10-12-25(34)30-15-17-5-8-21(29)9-6-17/h2-9,11,13-14H,10,12,15-16H2,1H3,(H,30,34)(H,31,33,35). The number of nitrogens with one attached hydrogen (secondary N) is 2. The van der Waals surface area contributed by atoms with Gasteiger partial charge in [0.25, 0.3) is 5.56 Å². The molecule has 1 heterocycles. The Morgan fingerprint density at radius 1 is 1.03 bits per heavy atom. The van der Waals surface area contributed by atoms with Crippen molar-refractivity contribution in [1.82, 2.24) is 20.5 Å². The number of carbonyl (C=O) groups excluding carboxylic acids is 1. The van der Waals surface area contributed by atoms with Gasteiger partial charge in [-0.1, -0.05) is 35.9 Å². The van der Waals surface area contributed by atoms with Crippen LogP contribution in [0.1, 0.15) is 23.2 Å². The first kappa shape index (κ1) is 25.8. The van der Waals surface area contributed by atoms with Crippen LogP contribution in [0.5, 0.6) is 11.5 Å². The first-order valence-electron chi connectivity index (χ1n) is 11.4. The van der Waals surface area contributed by atoms with Crippen LogP contribution in [-0.2, 0) is 24.4 Å². The number of benzene rings is 3. The molecule has 0 radical (unpaired) electrons. The number of hydrogen-bond acceptors (Lipinski definition) is 6. The molecule has 4 rings (SSSR count). The summed E-state index contributed by atoms with van der Waals surface area (Å²) in [5, 5.41) is 11.5. The molecule has 1 aromatic heterocycles. The highest BCUT2D eigenvalue weighted by Gasteiger charge is 2.13. The van der Waals surface area contributed by atoms with Crippen LogP contribution in [0.25, 0.3) is 11.4 Å². The van der Waals surface area contributed by atoms with Crippen molar-refractivity contribution < 1.29 is 18.7 Å². The van der Waals surface area contributed by atoms with Gasteiger partial charge in [-0.2, -0.15) is 0 Å². The van der Waals surface area contributed by atoms with E-state index >= 15 is 0 Å². The maximum absolute atomic E-state index is 13.0. The van der Waals surface area contributed by atoms with Crippen LogP contribution >= 0.6 is 11.6 Å². The fourth-order valence-corrected chi connectivity index (χ4v) is 3.71. The molecular weight excluding hydrogens is 499 g/mol. The minimum Gasteiger partial charge on any atom is -0.493 e. The van der Waals surface area contributed by atoms with Crippen molar-refractivity contribution in [3.63, 3.8) is 0 Å². The number of carbonyl (C=O) groups is 1. The number of rotatable bonds is 10. The number of aryl methyl sites for hydroxylation is 1. The Morgan fingerprint density at radius 2 is 1.84 bits per heavy atom.